The molecule has 4 aromatic heterocycles. The molecular formula is C31H30N10Pt+2. The minimum Gasteiger partial charge on any atom is -0.324 e. The van der Waals surface area contributed by atoms with E-state index in [0.29, 0.717) is 0 Å². The van der Waals surface area contributed by atoms with Crippen molar-refractivity contribution in [2.45, 2.75) is 0 Å². The summed E-state index contributed by atoms with van der Waals surface area (Å²) in [5.74, 6) is 4.42. The van der Waals surface area contributed by atoms with Crippen molar-refractivity contribution in [3.8, 4) is 5.82 Å². The third-order valence-corrected chi connectivity index (χ3v) is 8.12. The molecule has 0 saturated carbocycles. The van der Waals surface area contributed by atoms with Gasteiger partial charge < -0.3 is 14.8 Å². The second-order valence-corrected chi connectivity index (χ2v) is 10.6. The van der Waals surface area contributed by atoms with Crippen LogP contribution in [0.2, 0.25) is 0 Å². The number of benzene rings is 2. The van der Waals surface area contributed by atoms with Gasteiger partial charge >= 0.3 is 21.1 Å². The van der Waals surface area contributed by atoms with E-state index in [4.69, 9.17) is 9.97 Å². The third kappa shape index (κ3) is 3.71. The van der Waals surface area contributed by atoms with Gasteiger partial charge in [-0.15, -0.1) is 12.1 Å². The average Bonchev–Trinajstić information content (AvgIpc) is 3.68. The molecule has 0 fully saturated rings. The Morgan fingerprint density at radius 3 is 2.45 bits per heavy atom. The van der Waals surface area contributed by atoms with Crippen LogP contribution in [-0.2, 0) is 35.2 Å². The van der Waals surface area contributed by atoms with E-state index in [9.17, 15) is 0 Å². The van der Waals surface area contributed by atoms with Crippen LogP contribution in [-0.4, -0.2) is 46.4 Å². The van der Waals surface area contributed by atoms with Gasteiger partial charge in [-0.25, -0.2) is 9.24 Å². The number of hydrogen-bond acceptors (Lipinski definition) is 6. The number of hydrogen-bond donors (Lipinski definition) is 0. The summed E-state index contributed by atoms with van der Waals surface area (Å²) in [6.07, 6.45) is 4.16. The van der Waals surface area contributed by atoms with Crippen molar-refractivity contribution >= 4 is 51.6 Å². The maximum absolute atomic E-state index is 5.32. The molecule has 2 aliphatic rings. The fourth-order valence-electron chi connectivity index (χ4n) is 6.20. The van der Waals surface area contributed by atoms with Gasteiger partial charge in [0.15, 0.2) is 11.6 Å². The van der Waals surface area contributed by atoms with Gasteiger partial charge in [-0.05, 0) is 18.2 Å². The molecule has 0 spiro atoms. The molecule has 42 heavy (non-hydrogen) atoms. The molecule has 6 heterocycles. The fourth-order valence-corrected chi connectivity index (χ4v) is 6.20. The van der Waals surface area contributed by atoms with Gasteiger partial charge in [0.25, 0.3) is 12.1 Å². The van der Waals surface area contributed by atoms with Crippen LogP contribution in [0.5, 0.6) is 0 Å². The molecule has 0 saturated heterocycles. The Labute approximate surface area is 258 Å². The number of pyridine rings is 1. The van der Waals surface area contributed by atoms with Crippen LogP contribution in [0.1, 0.15) is 0 Å². The molecular weight excluding hydrogens is 707 g/mol. The number of rotatable bonds is 3. The second-order valence-electron chi connectivity index (χ2n) is 10.6. The number of anilines is 7. The number of aryl methyl sites for hydroxylation is 2. The largest absolute Gasteiger partial charge is 2.00 e. The van der Waals surface area contributed by atoms with Gasteiger partial charge in [0, 0.05) is 32.9 Å². The first-order valence-electron chi connectivity index (χ1n) is 13.7. The summed E-state index contributed by atoms with van der Waals surface area (Å²) in [5, 5.41) is 2.23. The van der Waals surface area contributed by atoms with Crippen molar-refractivity contribution in [2.24, 2.45) is 14.1 Å². The van der Waals surface area contributed by atoms with Gasteiger partial charge in [0.1, 0.15) is 11.3 Å². The van der Waals surface area contributed by atoms with E-state index in [1.165, 1.54) is 0 Å². The summed E-state index contributed by atoms with van der Waals surface area (Å²) >= 11 is 0. The zero-order valence-electron chi connectivity index (χ0n) is 23.8. The quantitative estimate of drug-likeness (QED) is 0.205. The Morgan fingerprint density at radius 1 is 0.857 bits per heavy atom. The van der Waals surface area contributed by atoms with Gasteiger partial charge in [-0.1, -0.05) is 23.9 Å². The number of likely N-dealkylation sites (N-methyl/N-ethyl adjacent to an activating group) is 1. The molecule has 0 unspecified atom stereocenters. The maximum atomic E-state index is 5.32. The van der Waals surface area contributed by atoms with Gasteiger partial charge in [-0.2, -0.15) is 38.8 Å². The van der Waals surface area contributed by atoms with Crippen molar-refractivity contribution in [3.05, 3.63) is 91.4 Å². The Hall–Kier alpha value is -4.56. The van der Waals surface area contributed by atoms with Gasteiger partial charge in [0.2, 0.25) is 11.6 Å². The Balaban J connectivity index is 0.00000288. The zero-order valence-corrected chi connectivity index (χ0v) is 26.1. The van der Waals surface area contributed by atoms with Crippen molar-refractivity contribution in [2.75, 3.05) is 46.9 Å². The molecule has 6 aromatic rings. The molecule has 0 bridgehead atoms. The molecule has 0 radical (unpaired) electrons. The molecule has 0 N–H and O–H groups in total. The summed E-state index contributed by atoms with van der Waals surface area (Å²) in [5.41, 5.74) is 5.39. The van der Waals surface area contributed by atoms with Crippen LogP contribution in [0.4, 0.5) is 40.5 Å². The van der Waals surface area contributed by atoms with Gasteiger partial charge in [-0.3, -0.25) is 9.47 Å². The normalized spacial score (nSPS) is 14.1. The number of aromatic nitrogens is 6. The number of imidazole rings is 2. The third-order valence-electron chi connectivity index (χ3n) is 8.12. The minimum absolute atomic E-state index is 0. The molecule has 212 valence electrons. The monoisotopic (exact) mass is 737 g/mol. The maximum Gasteiger partial charge on any atom is 2.00 e. The van der Waals surface area contributed by atoms with Crippen LogP contribution in [0.15, 0.2) is 85.3 Å². The van der Waals surface area contributed by atoms with E-state index in [2.05, 4.69) is 139 Å². The minimum atomic E-state index is 0. The van der Waals surface area contributed by atoms with Crippen LogP contribution in [0.25, 0.3) is 17.0 Å². The molecule has 2 aliphatic heterocycles. The SMILES string of the molecule is CN1c2ccccc2N(c2[c-]cccc2)c2nc3n(c21)N(C)CCN3c1cccc(-n2c[n+](C)c3c2[cH-]c[n+]3C)n1.[Pt+2]. The van der Waals surface area contributed by atoms with Gasteiger partial charge in [0.05, 0.1) is 32.0 Å². The predicted octanol–water partition coefficient (Wildman–Crippen LogP) is 3.66. The Kier molecular flexibility index (Phi) is 6.13. The standard InChI is InChI=1S/C31H30N10.Pt/c1-34-18-17-25-29(34)35(2)21-39(25)27-16-10-15-26(32-27)38-20-19-36(3)41-30-28(33-31(38)41)40(22-11-6-5-7-12-22)24-14-9-8-13-23(24)37(30)4;/h5-11,13-18,21H,19-20H2,1-4H3;/q;+2. The summed E-state index contributed by atoms with van der Waals surface area (Å²) in [6.45, 7) is 1.58. The summed E-state index contributed by atoms with van der Waals surface area (Å²) < 4.78 is 8.61. The van der Waals surface area contributed by atoms with Crippen LogP contribution >= 0.6 is 0 Å². The first-order valence-corrected chi connectivity index (χ1v) is 13.7. The van der Waals surface area contributed by atoms with E-state index in [0.717, 1.165) is 70.5 Å². The van der Waals surface area contributed by atoms with Crippen LogP contribution < -0.4 is 28.8 Å². The summed E-state index contributed by atoms with van der Waals surface area (Å²) in [4.78, 5) is 17.1. The fraction of sp³-hybridized carbons (Fsp3) is 0.194. The molecule has 0 amide bonds. The average molecular weight is 738 g/mol. The topological polar surface area (TPSA) is 56.4 Å². The van der Waals surface area contributed by atoms with Crippen molar-refractivity contribution in [3.63, 3.8) is 0 Å². The first kappa shape index (κ1) is 26.3. The summed E-state index contributed by atoms with van der Waals surface area (Å²) in [7, 11) is 8.36. The van der Waals surface area contributed by atoms with Crippen molar-refractivity contribution < 1.29 is 30.2 Å². The van der Waals surface area contributed by atoms with E-state index in [1.54, 1.807) is 0 Å². The number of fused-ring (bicyclic) bond motifs is 5. The Bertz CT molecular complexity index is 1940. The van der Waals surface area contributed by atoms with Crippen LogP contribution in [0.3, 0.4) is 0 Å². The summed E-state index contributed by atoms with van der Waals surface area (Å²) in [6, 6.07) is 28.3. The Morgan fingerprint density at radius 2 is 1.64 bits per heavy atom. The second kappa shape index (κ2) is 9.77. The predicted molar refractivity (Wildman–Crippen MR) is 159 cm³/mol. The van der Waals surface area contributed by atoms with E-state index in [-0.39, 0.29) is 21.1 Å². The molecule has 11 heteroatoms. The number of nitrogens with zero attached hydrogens (tertiary/aromatic N) is 10. The van der Waals surface area contributed by atoms with E-state index < -0.39 is 0 Å². The molecule has 0 aliphatic carbocycles. The molecule has 8 rings (SSSR count). The molecule has 2 aromatic carbocycles. The number of para-hydroxylation sites is 3. The van der Waals surface area contributed by atoms with E-state index >= 15 is 0 Å². The van der Waals surface area contributed by atoms with E-state index in [1.807, 2.05) is 18.2 Å². The molecule has 0 atom stereocenters. The smallest absolute Gasteiger partial charge is 0.324 e. The van der Waals surface area contributed by atoms with Crippen LogP contribution in [0, 0.1) is 6.07 Å². The van der Waals surface area contributed by atoms with Crippen molar-refractivity contribution in [1.29, 1.82) is 0 Å². The zero-order chi connectivity index (χ0) is 27.8. The van der Waals surface area contributed by atoms with Crippen molar-refractivity contribution in [1.82, 2.24) is 19.2 Å². The molecule has 10 nitrogen and oxygen atoms in total. The first-order chi connectivity index (χ1) is 20.0.